The summed E-state index contributed by atoms with van der Waals surface area (Å²) in [6.07, 6.45) is 0. The normalized spacial score (nSPS) is 10.2. The molecule has 110 valence electrons. The number of amides is 2. The Morgan fingerprint density at radius 1 is 1.00 bits per heavy atom. The van der Waals surface area contributed by atoms with Crippen LogP contribution in [0.1, 0.15) is 0 Å². The molecule has 3 rings (SSSR count). The molecule has 0 atom stereocenters. The Labute approximate surface area is 135 Å². The number of nitrogens with zero attached hydrogens (tertiary/aromatic N) is 1. The van der Waals surface area contributed by atoms with Crippen molar-refractivity contribution in [1.29, 1.82) is 0 Å². The van der Waals surface area contributed by atoms with Gasteiger partial charge in [0.15, 0.2) is 11.6 Å². The zero-order valence-corrected chi connectivity index (χ0v) is 13.0. The lowest BCUT2D eigenvalue weighted by Crippen LogP contribution is -2.19. The Balaban J connectivity index is 1.66. The van der Waals surface area contributed by atoms with Crippen molar-refractivity contribution in [3.05, 3.63) is 65.1 Å². The van der Waals surface area contributed by atoms with E-state index in [1.165, 1.54) is 0 Å². The van der Waals surface area contributed by atoms with E-state index in [-0.39, 0.29) is 6.03 Å². The molecule has 0 saturated carbocycles. The summed E-state index contributed by atoms with van der Waals surface area (Å²) in [6, 6.07) is 18.2. The minimum absolute atomic E-state index is 0.353. The lowest BCUT2D eigenvalue weighted by Gasteiger charge is -2.05. The molecule has 2 amide bonds. The van der Waals surface area contributed by atoms with Crippen LogP contribution in [-0.4, -0.2) is 11.2 Å². The summed E-state index contributed by atoms with van der Waals surface area (Å²) >= 11 is 3.35. The van der Waals surface area contributed by atoms with Crippen LogP contribution in [-0.2, 0) is 0 Å². The Bertz CT molecular complexity index is 787. The first-order valence-electron chi connectivity index (χ1n) is 6.56. The second kappa shape index (κ2) is 6.44. The highest BCUT2D eigenvalue weighted by Crippen LogP contribution is 2.22. The van der Waals surface area contributed by atoms with E-state index >= 15 is 0 Å². The molecular weight excluding hydrogens is 346 g/mol. The van der Waals surface area contributed by atoms with Gasteiger partial charge < -0.3 is 9.84 Å². The van der Waals surface area contributed by atoms with E-state index < -0.39 is 0 Å². The van der Waals surface area contributed by atoms with Crippen molar-refractivity contribution < 1.29 is 9.32 Å². The largest absolute Gasteiger partial charge is 0.354 e. The van der Waals surface area contributed by atoms with Gasteiger partial charge >= 0.3 is 6.03 Å². The number of hydrogen-bond acceptors (Lipinski definition) is 3. The van der Waals surface area contributed by atoms with Gasteiger partial charge in [-0.05, 0) is 18.2 Å². The molecule has 0 unspecified atom stereocenters. The fourth-order valence-electron chi connectivity index (χ4n) is 1.92. The summed E-state index contributed by atoms with van der Waals surface area (Å²) < 4.78 is 6.11. The number of nitrogens with one attached hydrogen (secondary N) is 2. The van der Waals surface area contributed by atoms with Crippen LogP contribution in [0.2, 0.25) is 0 Å². The summed E-state index contributed by atoms with van der Waals surface area (Å²) in [5, 5.41) is 9.18. The van der Waals surface area contributed by atoms with E-state index in [0.717, 1.165) is 10.0 Å². The van der Waals surface area contributed by atoms with Gasteiger partial charge in [0.1, 0.15) is 0 Å². The Morgan fingerprint density at radius 3 is 2.59 bits per heavy atom. The van der Waals surface area contributed by atoms with Gasteiger partial charge in [0, 0.05) is 21.8 Å². The van der Waals surface area contributed by atoms with Crippen LogP contribution in [0.3, 0.4) is 0 Å². The molecule has 2 N–H and O–H groups in total. The lowest BCUT2D eigenvalue weighted by molar-refractivity contribution is 0.262. The summed E-state index contributed by atoms with van der Waals surface area (Å²) in [4.78, 5) is 11.9. The van der Waals surface area contributed by atoms with Crippen LogP contribution in [0.15, 0.2) is 69.7 Å². The predicted molar refractivity (Wildman–Crippen MR) is 88.7 cm³/mol. The second-order valence-electron chi connectivity index (χ2n) is 4.53. The van der Waals surface area contributed by atoms with Gasteiger partial charge in [-0.1, -0.05) is 57.5 Å². The Kier molecular flexibility index (Phi) is 4.20. The maximum atomic E-state index is 11.9. The fraction of sp³-hybridized carbons (Fsp3) is 0. The van der Waals surface area contributed by atoms with E-state index in [1.807, 2.05) is 42.5 Å². The van der Waals surface area contributed by atoms with Gasteiger partial charge in [-0.2, -0.15) is 0 Å². The number of hydrogen-bond donors (Lipinski definition) is 2. The quantitative estimate of drug-likeness (QED) is 0.710. The van der Waals surface area contributed by atoms with Crippen LogP contribution >= 0.6 is 15.9 Å². The number of carbonyl (C=O) groups excluding carboxylic acids is 1. The molecule has 3 aromatic rings. The van der Waals surface area contributed by atoms with E-state index in [1.54, 1.807) is 18.2 Å². The van der Waals surface area contributed by atoms with Gasteiger partial charge in [0.05, 0.1) is 0 Å². The molecule has 1 aromatic heterocycles. The van der Waals surface area contributed by atoms with Gasteiger partial charge in [-0.15, -0.1) is 0 Å². The van der Waals surface area contributed by atoms with Crippen molar-refractivity contribution in [1.82, 2.24) is 5.16 Å². The van der Waals surface area contributed by atoms with Crippen molar-refractivity contribution >= 4 is 33.5 Å². The first-order chi connectivity index (χ1) is 10.7. The highest BCUT2D eigenvalue weighted by atomic mass is 79.9. The molecule has 6 heteroatoms. The van der Waals surface area contributed by atoms with Gasteiger partial charge in [0.2, 0.25) is 0 Å². The molecule has 5 nitrogen and oxygen atoms in total. The van der Waals surface area contributed by atoms with Crippen molar-refractivity contribution in [2.24, 2.45) is 0 Å². The SMILES string of the molecule is O=C(Nc1cccc(Br)c1)Nc1cc(-c2ccccc2)on1. The van der Waals surface area contributed by atoms with Gasteiger partial charge in [-0.25, -0.2) is 4.79 Å². The molecule has 0 aliphatic rings. The predicted octanol–water partition coefficient (Wildman–Crippen LogP) is 4.75. The van der Waals surface area contributed by atoms with Crippen LogP contribution < -0.4 is 10.6 Å². The van der Waals surface area contributed by atoms with E-state index in [0.29, 0.717) is 17.3 Å². The zero-order chi connectivity index (χ0) is 15.4. The Hall–Kier alpha value is -2.60. The van der Waals surface area contributed by atoms with Gasteiger partial charge in [-0.3, -0.25) is 5.32 Å². The number of benzene rings is 2. The molecule has 0 aliphatic carbocycles. The summed E-state index contributed by atoms with van der Waals surface area (Å²) in [6.45, 7) is 0. The topological polar surface area (TPSA) is 67.2 Å². The maximum absolute atomic E-state index is 11.9. The molecule has 2 aromatic carbocycles. The third kappa shape index (κ3) is 3.53. The first-order valence-corrected chi connectivity index (χ1v) is 7.36. The molecule has 0 spiro atoms. The third-order valence-electron chi connectivity index (χ3n) is 2.89. The minimum Gasteiger partial charge on any atom is -0.354 e. The first kappa shape index (κ1) is 14.3. The molecule has 22 heavy (non-hydrogen) atoms. The number of aromatic nitrogens is 1. The molecule has 1 heterocycles. The number of anilines is 2. The van der Waals surface area contributed by atoms with Crippen molar-refractivity contribution in [2.45, 2.75) is 0 Å². The molecule has 0 saturated heterocycles. The number of carbonyl (C=O) groups is 1. The van der Waals surface area contributed by atoms with Crippen molar-refractivity contribution in [2.75, 3.05) is 10.6 Å². The average molecular weight is 358 g/mol. The monoisotopic (exact) mass is 357 g/mol. The van der Waals surface area contributed by atoms with Crippen LogP contribution in [0.5, 0.6) is 0 Å². The maximum Gasteiger partial charge on any atom is 0.324 e. The molecule has 0 fully saturated rings. The van der Waals surface area contributed by atoms with Crippen LogP contribution in [0, 0.1) is 0 Å². The molecule has 0 radical (unpaired) electrons. The number of rotatable bonds is 3. The third-order valence-corrected chi connectivity index (χ3v) is 3.39. The average Bonchev–Trinajstić information content (AvgIpc) is 2.96. The fourth-order valence-corrected chi connectivity index (χ4v) is 2.32. The highest BCUT2D eigenvalue weighted by molar-refractivity contribution is 9.10. The van der Waals surface area contributed by atoms with Gasteiger partial charge in [0.25, 0.3) is 0 Å². The summed E-state index contributed by atoms with van der Waals surface area (Å²) in [5.74, 6) is 0.949. The van der Waals surface area contributed by atoms with E-state index in [4.69, 9.17) is 4.52 Å². The summed E-state index contributed by atoms with van der Waals surface area (Å²) in [5.41, 5.74) is 1.58. The number of halogens is 1. The molecule has 0 bridgehead atoms. The standard InChI is InChI=1S/C16H12BrN3O2/c17-12-7-4-8-13(9-12)18-16(21)19-15-10-14(22-20-15)11-5-2-1-3-6-11/h1-10H,(H2,18,19,20,21). The van der Waals surface area contributed by atoms with E-state index in [2.05, 4.69) is 31.7 Å². The van der Waals surface area contributed by atoms with E-state index in [9.17, 15) is 4.79 Å². The zero-order valence-electron chi connectivity index (χ0n) is 11.4. The van der Waals surface area contributed by atoms with Crippen molar-refractivity contribution in [3.8, 4) is 11.3 Å². The highest BCUT2D eigenvalue weighted by Gasteiger charge is 2.09. The smallest absolute Gasteiger partial charge is 0.324 e. The molecular formula is C16H12BrN3O2. The lowest BCUT2D eigenvalue weighted by atomic mass is 10.2. The van der Waals surface area contributed by atoms with Crippen LogP contribution in [0.4, 0.5) is 16.3 Å². The summed E-state index contributed by atoms with van der Waals surface area (Å²) in [7, 11) is 0. The second-order valence-corrected chi connectivity index (χ2v) is 5.45. The Morgan fingerprint density at radius 2 is 1.82 bits per heavy atom. The van der Waals surface area contributed by atoms with Crippen LogP contribution in [0.25, 0.3) is 11.3 Å². The minimum atomic E-state index is -0.383. The number of urea groups is 1. The molecule has 0 aliphatic heterocycles. The van der Waals surface area contributed by atoms with Crippen molar-refractivity contribution in [3.63, 3.8) is 0 Å².